The number of aromatic nitrogens is 1. The lowest BCUT2D eigenvalue weighted by atomic mass is 10.2. The van der Waals surface area contributed by atoms with Crippen LogP contribution < -0.4 is 5.32 Å². The Hall–Kier alpha value is -1.81. The summed E-state index contributed by atoms with van der Waals surface area (Å²) in [6, 6.07) is 13.8. The van der Waals surface area contributed by atoms with E-state index in [0.29, 0.717) is 12.2 Å². The van der Waals surface area contributed by atoms with Gasteiger partial charge in [-0.05, 0) is 31.2 Å². The molecule has 1 N–H and O–H groups in total. The molecule has 0 fully saturated rings. The lowest BCUT2D eigenvalue weighted by molar-refractivity contribution is -0.115. The van der Waals surface area contributed by atoms with E-state index in [1.807, 2.05) is 12.1 Å². The molecule has 1 heterocycles. The van der Waals surface area contributed by atoms with E-state index in [9.17, 15) is 4.79 Å². The zero-order chi connectivity index (χ0) is 13.5. The number of nitrogens with zero attached hydrogens (tertiary/aromatic N) is 1. The number of amides is 1. The van der Waals surface area contributed by atoms with E-state index in [0.717, 1.165) is 5.75 Å². The summed E-state index contributed by atoms with van der Waals surface area (Å²) in [5.41, 5.74) is 1.25. The molecule has 4 heteroatoms. The van der Waals surface area contributed by atoms with Gasteiger partial charge in [0.25, 0.3) is 0 Å². The topological polar surface area (TPSA) is 42.0 Å². The molecule has 0 saturated heterocycles. The fourth-order valence-corrected chi connectivity index (χ4v) is 2.39. The van der Waals surface area contributed by atoms with E-state index in [2.05, 4.69) is 41.5 Å². The Morgan fingerprint density at radius 3 is 2.68 bits per heavy atom. The Bertz CT molecular complexity index is 526. The monoisotopic (exact) mass is 272 g/mol. The molecule has 19 heavy (non-hydrogen) atoms. The number of rotatable bonds is 5. The first-order chi connectivity index (χ1) is 9.24. The van der Waals surface area contributed by atoms with Crippen molar-refractivity contribution >= 4 is 23.5 Å². The molecule has 1 aromatic heterocycles. The van der Waals surface area contributed by atoms with Crippen LogP contribution in [0.15, 0.2) is 53.6 Å². The molecule has 0 radical (unpaired) electrons. The number of benzene rings is 1. The van der Waals surface area contributed by atoms with Crippen molar-refractivity contribution in [3.05, 3.63) is 54.2 Å². The Kier molecular flexibility index (Phi) is 4.98. The van der Waals surface area contributed by atoms with Crippen molar-refractivity contribution in [1.29, 1.82) is 0 Å². The standard InChI is InChI=1S/C15H16N2OS/c1-12-5-7-13(8-6-12)19-11-9-15(18)17-14-4-2-3-10-16-14/h2-8,10H,9,11H2,1H3,(H,16,17,18). The average Bonchev–Trinajstić information content (AvgIpc) is 2.42. The molecular weight excluding hydrogens is 256 g/mol. The van der Waals surface area contributed by atoms with Gasteiger partial charge in [0.05, 0.1) is 0 Å². The highest BCUT2D eigenvalue weighted by Gasteiger charge is 2.03. The van der Waals surface area contributed by atoms with Crippen molar-refractivity contribution in [2.24, 2.45) is 0 Å². The molecule has 2 aromatic rings. The van der Waals surface area contributed by atoms with Crippen LogP contribution >= 0.6 is 11.8 Å². The number of nitrogens with one attached hydrogen (secondary N) is 1. The van der Waals surface area contributed by atoms with Crippen LogP contribution in [0.4, 0.5) is 5.82 Å². The molecule has 0 spiro atoms. The molecule has 0 saturated carbocycles. The quantitative estimate of drug-likeness (QED) is 0.847. The molecule has 1 aromatic carbocycles. The summed E-state index contributed by atoms with van der Waals surface area (Å²) in [6.45, 7) is 2.06. The van der Waals surface area contributed by atoms with Gasteiger partial charge >= 0.3 is 0 Å². The minimum atomic E-state index is -0.00156. The predicted molar refractivity (Wildman–Crippen MR) is 79.4 cm³/mol. The summed E-state index contributed by atoms with van der Waals surface area (Å²) >= 11 is 1.69. The second-order valence-electron chi connectivity index (χ2n) is 4.17. The van der Waals surface area contributed by atoms with Gasteiger partial charge in [0.15, 0.2) is 0 Å². The van der Waals surface area contributed by atoms with Crippen molar-refractivity contribution in [1.82, 2.24) is 4.98 Å². The number of carbonyl (C=O) groups is 1. The Morgan fingerprint density at radius 1 is 1.21 bits per heavy atom. The van der Waals surface area contributed by atoms with Crippen LogP contribution in [0, 0.1) is 6.92 Å². The average molecular weight is 272 g/mol. The molecule has 0 aliphatic rings. The highest BCUT2D eigenvalue weighted by molar-refractivity contribution is 7.99. The number of pyridine rings is 1. The lowest BCUT2D eigenvalue weighted by Gasteiger charge is -2.04. The number of hydrogen-bond acceptors (Lipinski definition) is 3. The molecule has 0 aliphatic heterocycles. The minimum Gasteiger partial charge on any atom is -0.311 e. The number of hydrogen-bond donors (Lipinski definition) is 1. The predicted octanol–water partition coefficient (Wildman–Crippen LogP) is 3.51. The van der Waals surface area contributed by atoms with Crippen LogP contribution in [0.3, 0.4) is 0 Å². The third-order valence-corrected chi connectivity index (χ3v) is 3.56. The Balaban J connectivity index is 1.74. The van der Waals surface area contributed by atoms with Crippen LogP contribution in [0.2, 0.25) is 0 Å². The first kappa shape index (κ1) is 13.6. The Morgan fingerprint density at radius 2 is 2.00 bits per heavy atom. The molecule has 98 valence electrons. The fourth-order valence-electron chi connectivity index (χ4n) is 1.54. The van der Waals surface area contributed by atoms with E-state index in [-0.39, 0.29) is 5.91 Å². The van der Waals surface area contributed by atoms with Gasteiger partial charge < -0.3 is 5.32 Å². The lowest BCUT2D eigenvalue weighted by Crippen LogP contribution is -2.12. The highest BCUT2D eigenvalue weighted by atomic mass is 32.2. The van der Waals surface area contributed by atoms with Crippen molar-refractivity contribution in [3.63, 3.8) is 0 Å². The largest absolute Gasteiger partial charge is 0.311 e. The van der Waals surface area contributed by atoms with E-state index in [4.69, 9.17) is 0 Å². The second kappa shape index (κ2) is 6.95. The van der Waals surface area contributed by atoms with Crippen LogP contribution in [0.5, 0.6) is 0 Å². The van der Waals surface area contributed by atoms with Crippen LogP contribution in [-0.2, 0) is 4.79 Å². The van der Waals surface area contributed by atoms with E-state index >= 15 is 0 Å². The summed E-state index contributed by atoms with van der Waals surface area (Å²) in [7, 11) is 0. The molecular formula is C15H16N2OS. The molecule has 2 rings (SSSR count). The summed E-state index contributed by atoms with van der Waals surface area (Å²) in [5.74, 6) is 1.37. The summed E-state index contributed by atoms with van der Waals surface area (Å²) < 4.78 is 0. The smallest absolute Gasteiger partial charge is 0.226 e. The maximum atomic E-state index is 11.7. The zero-order valence-corrected chi connectivity index (χ0v) is 11.6. The van der Waals surface area contributed by atoms with Gasteiger partial charge in [-0.15, -0.1) is 11.8 Å². The van der Waals surface area contributed by atoms with Gasteiger partial charge in [0.2, 0.25) is 5.91 Å². The second-order valence-corrected chi connectivity index (χ2v) is 5.34. The van der Waals surface area contributed by atoms with E-state index in [1.165, 1.54) is 10.5 Å². The third-order valence-electron chi connectivity index (χ3n) is 2.55. The Labute approximate surface area is 117 Å². The van der Waals surface area contributed by atoms with Crippen molar-refractivity contribution in [3.8, 4) is 0 Å². The summed E-state index contributed by atoms with van der Waals surface area (Å²) in [4.78, 5) is 16.9. The summed E-state index contributed by atoms with van der Waals surface area (Å²) in [6.07, 6.45) is 2.14. The minimum absolute atomic E-state index is 0.00156. The molecule has 3 nitrogen and oxygen atoms in total. The number of anilines is 1. The van der Waals surface area contributed by atoms with Crippen LogP contribution in [0.25, 0.3) is 0 Å². The van der Waals surface area contributed by atoms with E-state index < -0.39 is 0 Å². The number of carbonyl (C=O) groups excluding carboxylic acids is 1. The van der Waals surface area contributed by atoms with Gasteiger partial charge in [-0.1, -0.05) is 23.8 Å². The van der Waals surface area contributed by atoms with Gasteiger partial charge in [-0.25, -0.2) is 4.98 Å². The number of aryl methyl sites for hydroxylation is 1. The summed E-state index contributed by atoms with van der Waals surface area (Å²) in [5, 5.41) is 2.77. The SMILES string of the molecule is Cc1ccc(SCCC(=O)Nc2ccccn2)cc1. The fraction of sp³-hybridized carbons (Fsp3) is 0.200. The van der Waals surface area contributed by atoms with Crippen molar-refractivity contribution < 1.29 is 4.79 Å². The van der Waals surface area contributed by atoms with Crippen molar-refractivity contribution in [2.45, 2.75) is 18.2 Å². The molecule has 0 bridgehead atoms. The van der Waals surface area contributed by atoms with E-state index in [1.54, 1.807) is 24.0 Å². The first-order valence-corrected chi connectivity index (χ1v) is 7.13. The van der Waals surface area contributed by atoms with Gasteiger partial charge in [0.1, 0.15) is 5.82 Å². The maximum absolute atomic E-state index is 11.7. The molecule has 0 atom stereocenters. The number of thioether (sulfide) groups is 1. The van der Waals surface area contributed by atoms with Gasteiger partial charge in [-0.2, -0.15) is 0 Å². The molecule has 1 amide bonds. The van der Waals surface area contributed by atoms with Gasteiger partial charge in [0, 0.05) is 23.3 Å². The van der Waals surface area contributed by atoms with Crippen LogP contribution in [-0.4, -0.2) is 16.6 Å². The molecule has 0 aliphatic carbocycles. The maximum Gasteiger partial charge on any atom is 0.226 e. The van der Waals surface area contributed by atoms with Gasteiger partial charge in [-0.3, -0.25) is 4.79 Å². The zero-order valence-electron chi connectivity index (χ0n) is 10.8. The normalized spacial score (nSPS) is 10.2. The third kappa shape index (κ3) is 4.75. The van der Waals surface area contributed by atoms with Crippen LogP contribution in [0.1, 0.15) is 12.0 Å². The van der Waals surface area contributed by atoms with Crippen molar-refractivity contribution in [2.75, 3.05) is 11.1 Å². The highest BCUT2D eigenvalue weighted by Crippen LogP contribution is 2.19. The first-order valence-electron chi connectivity index (χ1n) is 6.14. The molecule has 0 unspecified atom stereocenters.